The van der Waals surface area contributed by atoms with Gasteiger partial charge in [-0.25, -0.2) is 4.79 Å². The molecule has 2 atom stereocenters. The van der Waals surface area contributed by atoms with E-state index in [9.17, 15) is 9.59 Å². The van der Waals surface area contributed by atoms with Crippen LogP contribution < -0.4 is 10.1 Å². The molecule has 1 amide bonds. The quantitative estimate of drug-likeness (QED) is 0.469. The monoisotopic (exact) mass is 471 g/mol. The molecule has 1 heterocycles. The SMILES string of the molecule is CCOC(=O)c1c(NC(=O)[C@@H](CC)Oc2ccc(C)c(C)c2)sc2c1CC[C@H](C(C)(C)C)C2. The number of thiophene rings is 1. The molecule has 0 bridgehead atoms. The van der Waals surface area contributed by atoms with Gasteiger partial charge in [-0.3, -0.25) is 4.79 Å². The number of aryl methyl sites for hydroxylation is 2. The van der Waals surface area contributed by atoms with E-state index < -0.39 is 6.10 Å². The highest BCUT2D eigenvalue weighted by atomic mass is 32.1. The minimum absolute atomic E-state index is 0.197. The Hall–Kier alpha value is -2.34. The number of rotatable bonds is 7. The number of esters is 1. The summed E-state index contributed by atoms with van der Waals surface area (Å²) in [6.45, 7) is 14.9. The van der Waals surface area contributed by atoms with Crippen LogP contribution in [0.15, 0.2) is 18.2 Å². The molecule has 180 valence electrons. The summed E-state index contributed by atoms with van der Waals surface area (Å²) in [6, 6.07) is 5.83. The number of anilines is 1. The summed E-state index contributed by atoms with van der Waals surface area (Å²) in [5.74, 6) is 0.609. The summed E-state index contributed by atoms with van der Waals surface area (Å²) in [6.07, 6.45) is 2.64. The van der Waals surface area contributed by atoms with E-state index in [1.807, 2.05) is 39.0 Å². The molecule has 0 unspecified atom stereocenters. The first-order valence-corrected chi connectivity index (χ1v) is 12.7. The van der Waals surface area contributed by atoms with Crippen LogP contribution in [0.4, 0.5) is 5.00 Å². The van der Waals surface area contributed by atoms with Crippen molar-refractivity contribution < 1.29 is 19.1 Å². The normalized spacial score (nSPS) is 16.6. The van der Waals surface area contributed by atoms with Crippen LogP contribution in [0, 0.1) is 25.2 Å². The van der Waals surface area contributed by atoms with Crippen molar-refractivity contribution in [3.05, 3.63) is 45.3 Å². The summed E-state index contributed by atoms with van der Waals surface area (Å²) < 4.78 is 11.4. The van der Waals surface area contributed by atoms with Crippen LogP contribution in [-0.2, 0) is 22.4 Å². The molecule has 0 aliphatic heterocycles. The maximum absolute atomic E-state index is 13.2. The largest absolute Gasteiger partial charge is 0.481 e. The Balaban J connectivity index is 1.86. The van der Waals surface area contributed by atoms with Gasteiger partial charge < -0.3 is 14.8 Å². The fourth-order valence-corrected chi connectivity index (χ4v) is 5.62. The standard InChI is InChI=1S/C27H37NO4S/c1-8-21(32-19-12-10-16(3)17(4)14-19)24(29)28-25-23(26(30)31-9-2)20-13-11-18(27(5,6)7)15-22(20)33-25/h10,12,14,18,21H,8-9,11,13,15H2,1-7H3,(H,28,29)/t18-,21+/m0/s1. The van der Waals surface area contributed by atoms with Crippen molar-refractivity contribution in [2.75, 3.05) is 11.9 Å². The number of fused-ring (bicyclic) bond motifs is 1. The molecular weight excluding hydrogens is 434 g/mol. The molecule has 1 aliphatic rings. The van der Waals surface area contributed by atoms with Crippen molar-refractivity contribution in [1.82, 2.24) is 0 Å². The molecule has 1 aromatic carbocycles. The van der Waals surface area contributed by atoms with Crippen molar-refractivity contribution in [1.29, 1.82) is 0 Å². The van der Waals surface area contributed by atoms with Crippen molar-refractivity contribution in [2.45, 2.75) is 80.3 Å². The first-order chi connectivity index (χ1) is 15.5. The van der Waals surface area contributed by atoms with Crippen LogP contribution in [0.1, 0.15) is 79.4 Å². The fraction of sp³-hybridized carbons (Fsp3) is 0.556. The number of benzene rings is 1. The maximum atomic E-state index is 13.2. The third kappa shape index (κ3) is 5.78. The van der Waals surface area contributed by atoms with Gasteiger partial charge in [-0.15, -0.1) is 11.3 Å². The Labute approximate surface area is 201 Å². The van der Waals surface area contributed by atoms with Gasteiger partial charge in [-0.2, -0.15) is 0 Å². The molecule has 33 heavy (non-hydrogen) atoms. The second-order valence-electron chi connectivity index (χ2n) is 9.98. The number of carbonyl (C=O) groups excluding carboxylic acids is 2. The van der Waals surface area contributed by atoms with E-state index in [2.05, 4.69) is 26.1 Å². The molecule has 6 heteroatoms. The van der Waals surface area contributed by atoms with Gasteiger partial charge in [0.05, 0.1) is 12.2 Å². The summed E-state index contributed by atoms with van der Waals surface area (Å²) in [7, 11) is 0. The third-order valence-electron chi connectivity index (χ3n) is 6.63. The van der Waals surface area contributed by atoms with Crippen molar-refractivity contribution >= 4 is 28.2 Å². The zero-order chi connectivity index (χ0) is 24.3. The number of hydrogen-bond acceptors (Lipinski definition) is 5. The van der Waals surface area contributed by atoms with Gasteiger partial charge in [-0.1, -0.05) is 33.8 Å². The molecule has 0 saturated heterocycles. The molecule has 0 radical (unpaired) electrons. The number of ether oxygens (including phenoxy) is 2. The lowest BCUT2D eigenvalue weighted by Gasteiger charge is -2.33. The smallest absolute Gasteiger partial charge is 0.341 e. The summed E-state index contributed by atoms with van der Waals surface area (Å²) >= 11 is 1.51. The minimum atomic E-state index is -0.649. The van der Waals surface area contributed by atoms with Gasteiger partial charge >= 0.3 is 5.97 Å². The van der Waals surface area contributed by atoms with Gasteiger partial charge in [0.1, 0.15) is 10.8 Å². The maximum Gasteiger partial charge on any atom is 0.341 e. The molecule has 1 N–H and O–H groups in total. The van der Waals surface area contributed by atoms with Gasteiger partial charge in [0.2, 0.25) is 0 Å². The summed E-state index contributed by atoms with van der Waals surface area (Å²) in [4.78, 5) is 27.2. The van der Waals surface area contributed by atoms with Gasteiger partial charge in [0.15, 0.2) is 6.10 Å². The Bertz CT molecular complexity index is 1020. The van der Waals surface area contributed by atoms with Crippen LogP contribution in [0.2, 0.25) is 0 Å². The Morgan fingerprint density at radius 1 is 1.18 bits per heavy atom. The first kappa shape index (κ1) is 25.3. The van der Waals surface area contributed by atoms with Crippen molar-refractivity contribution in [3.63, 3.8) is 0 Å². The second-order valence-corrected chi connectivity index (χ2v) is 11.1. The van der Waals surface area contributed by atoms with E-state index in [0.29, 0.717) is 35.3 Å². The van der Waals surface area contributed by atoms with E-state index in [1.165, 1.54) is 21.8 Å². The van der Waals surface area contributed by atoms with Gasteiger partial charge in [0.25, 0.3) is 5.91 Å². The Morgan fingerprint density at radius 2 is 1.91 bits per heavy atom. The van der Waals surface area contributed by atoms with Crippen molar-refractivity contribution in [2.24, 2.45) is 11.3 Å². The highest BCUT2D eigenvalue weighted by Crippen LogP contribution is 2.44. The Morgan fingerprint density at radius 3 is 2.52 bits per heavy atom. The molecule has 0 fully saturated rings. The second kappa shape index (κ2) is 10.3. The van der Waals surface area contributed by atoms with Gasteiger partial charge in [0, 0.05) is 4.88 Å². The molecule has 1 aromatic heterocycles. The minimum Gasteiger partial charge on any atom is -0.481 e. The molecule has 3 rings (SSSR count). The van der Waals surface area contributed by atoms with Crippen LogP contribution in [-0.4, -0.2) is 24.6 Å². The number of hydrogen-bond donors (Lipinski definition) is 1. The summed E-state index contributed by atoms with van der Waals surface area (Å²) in [5.41, 5.74) is 4.06. The van der Waals surface area contributed by atoms with E-state index in [-0.39, 0.29) is 17.3 Å². The Kier molecular flexibility index (Phi) is 7.88. The average molecular weight is 472 g/mol. The predicted molar refractivity (Wildman–Crippen MR) is 134 cm³/mol. The van der Waals surface area contributed by atoms with Crippen LogP contribution in [0.3, 0.4) is 0 Å². The van der Waals surface area contributed by atoms with E-state index in [4.69, 9.17) is 9.47 Å². The van der Waals surface area contributed by atoms with Gasteiger partial charge in [-0.05, 0) is 86.6 Å². The van der Waals surface area contributed by atoms with E-state index >= 15 is 0 Å². The zero-order valence-electron chi connectivity index (χ0n) is 21.0. The molecule has 0 saturated carbocycles. The summed E-state index contributed by atoms with van der Waals surface area (Å²) in [5, 5.41) is 3.60. The lowest BCUT2D eigenvalue weighted by molar-refractivity contribution is -0.122. The fourth-order valence-electron chi connectivity index (χ4n) is 4.30. The molecule has 2 aromatic rings. The van der Waals surface area contributed by atoms with Crippen LogP contribution >= 0.6 is 11.3 Å². The number of nitrogens with one attached hydrogen (secondary N) is 1. The lowest BCUT2D eigenvalue weighted by atomic mass is 9.72. The molecular formula is C27H37NO4S. The predicted octanol–water partition coefficient (Wildman–Crippen LogP) is 6.49. The molecule has 5 nitrogen and oxygen atoms in total. The lowest BCUT2D eigenvalue weighted by Crippen LogP contribution is -2.32. The molecule has 0 spiro atoms. The van der Waals surface area contributed by atoms with E-state index in [0.717, 1.165) is 30.4 Å². The van der Waals surface area contributed by atoms with Crippen LogP contribution in [0.5, 0.6) is 5.75 Å². The number of carbonyl (C=O) groups is 2. The van der Waals surface area contributed by atoms with Crippen LogP contribution in [0.25, 0.3) is 0 Å². The first-order valence-electron chi connectivity index (χ1n) is 11.9. The topological polar surface area (TPSA) is 64.6 Å². The average Bonchev–Trinajstić information content (AvgIpc) is 3.10. The highest BCUT2D eigenvalue weighted by Gasteiger charge is 2.35. The van der Waals surface area contributed by atoms with E-state index in [1.54, 1.807) is 6.92 Å². The van der Waals surface area contributed by atoms with Crippen molar-refractivity contribution in [3.8, 4) is 5.75 Å². The molecule has 1 aliphatic carbocycles. The zero-order valence-corrected chi connectivity index (χ0v) is 21.8. The third-order valence-corrected chi connectivity index (χ3v) is 7.80. The number of amides is 1. The highest BCUT2D eigenvalue weighted by molar-refractivity contribution is 7.17.